The van der Waals surface area contributed by atoms with Gasteiger partial charge in [0.15, 0.2) is 5.96 Å². The van der Waals surface area contributed by atoms with E-state index < -0.39 is 0 Å². The molecule has 0 radical (unpaired) electrons. The summed E-state index contributed by atoms with van der Waals surface area (Å²) in [6.45, 7) is 4.02. The molecule has 31 heavy (non-hydrogen) atoms. The van der Waals surface area contributed by atoms with Gasteiger partial charge in [-0.1, -0.05) is 28.9 Å². The van der Waals surface area contributed by atoms with E-state index in [9.17, 15) is 0 Å². The summed E-state index contributed by atoms with van der Waals surface area (Å²) in [5.41, 5.74) is 0.835. The number of benzene rings is 1. The smallest absolute Gasteiger partial charge is 0.228 e. The molecular weight excluding hydrogens is 531 g/mol. The van der Waals surface area contributed by atoms with Gasteiger partial charge < -0.3 is 19.6 Å². The Bertz CT molecular complexity index is 992. The van der Waals surface area contributed by atoms with Crippen LogP contribution in [0, 0.1) is 0 Å². The summed E-state index contributed by atoms with van der Waals surface area (Å²) in [4.78, 5) is 21.9. The van der Waals surface area contributed by atoms with Crippen LogP contribution in [0.4, 0.5) is 5.95 Å². The molecule has 0 unspecified atom stereocenters. The molecule has 0 atom stereocenters. The fourth-order valence-electron chi connectivity index (χ4n) is 3.29. The predicted molar refractivity (Wildman–Crippen MR) is 131 cm³/mol. The molecule has 1 saturated heterocycles. The highest BCUT2D eigenvalue weighted by Gasteiger charge is 2.21. The SMILES string of the molecule is CN=C(NCCc1nc(-c2cccc(Cl)c2)no1)N1CCN(c2ncccn2)CC1.I. The van der Waals surface area contributed by atoms with E-state index in [0.717, 1.165) is 43.7 Å². The summed E-state index contributed by atoms with van der Waals surface area (Å²) in [5, 5.41) is 8.06. The lowest BCUT2D eigenvalue weighted by Crippen LogP contribution is -2.53. The lowest BCUT2D eigenvalue weighted by molar-refractivity contribution is 0.363. The maximum atomic E-state index is 6.03. The Morgan fingerprint density at radius 1 is 1.16 bits per heavy atom. The normalized spacial score (nSPS) is 14.3. The van der Waals surface area contributed by atoms with E-state index in [1.165, 1.54) is 0 Å². The van der Waals surface area contributed by atoms with Gasteiger partial charge >= 0.3 is 0 Å². The summed E-state index contributed by atoms with van der Waals surface area (Å²) >= 11 is 6.03. The number of nitrogens with one attached hydrogen (secondary N) is 1. The number of halogens is 2. The van der Waals surface area contributed by atoms with Gasteiger partial charge in [-0.2, -0.15) is 4.98 Å². The van der Waals surface area contributed by atoms with Crippen LogP contribution in [0.2, 0.25) is 5.02 Å². The molecule has 3 heterocycles. The summed E-state index contributed by atoms with van der Waals surface area (Å²) in [6, 6.07) is 9.22. The highest BCUT2D eigenvalue weighted by molar-refractivity contribution is 14.0. The molecule has 0 bridgehead atoms. The first-order chi connectivity index (χ1) is 14.7. The van der Waals surface area contributed by atoms with Crippen LogP contribution < -0.4 is 10.2 Å². The van der Waals surface area contributed by atoms with E-state index in [0.29, 0.717) is 29.7 Å². The predicted octanol–water partition coefficient (Wildman–Crippen LogP) is 2.74. The van der Waals surface area contributed by atoms with Crippen molar-refractivity contribution in [2.24, 2.45) is 4.99 Å². The third-order valence-electron chi connectivity index (χ3n) is 4.80. The lowest BCUT2D eigenvalue weighted by Gasteiger charge is -2.36. The summed E-state index contributed by atoms with van der Waals surface area (Å²) in [5.74, 6) is 2.74. The number of guanidine groups is 1. The quantitative estimate of drug-likeness (QED) is 0.292. The summed E-state index contributed by atoms with van der Waals surface area (Å²) < 4.78 is 5.36. The van der Waals surface area contributed by atoms with Crippen molar-refractivity contribution < 1.29 is 4.52 Å². The van der Waals surface area contributed by atoms with Crippen molar-refractivity contribution in [3.05, 3.63) is 53.6 Å². The molecule has 1 aliphatic heterocycles. The molecule has 0 saturated carbocycles. The van der Waals surface area contributed by atoms with Crippen molar-refractivity contribution in [2.75, 3.05) is 44.7 Å². The minimum absolute atomic E-state index is 0. The van der Waals surface area contributed by atoms with Gasteiger partial charge in [-0.25, -0.2) is 9.97 Å². The fraction of sp³-hybridized carbons (Fsp3) is 0.350. The molecule has 1 fully saturated rings. The molecule has 164 valence electrons. The molecule has 1 aliphatic rings. The van der Waals surface area contributed by atoms with Crippen molar-refractivity contribution in [3.63, 3.8) is 0 Å². The van der Waals surface area contributed by atoms with Gasteiger partial charge in [0.05, 0.1) is 0 Å². The standard InChI is InChI=1S/C20H23ClN8O.HI/c1-22-19(28-10-12-29(13-11-28)20-23-7-3-8-24-20)25-9-6-17-26-18(27-30-17)15-4-2-5-16(21)14-15;/h2-5,7-8,14H,6,9-13H2,1H3,(H,22,25);1H. The van der Waals surface area contributed by atoms with Gasteiger partial charge in [-0.05, 0) is 18.2 Å². The van der Waals surface area contributed by atoms with Gasteiger partial charge in [0.2, 0.25) is 17.7 Å². The molecule has 0 aliphatic carbocycles. The van der Waals surface area contributed by atoms with Crippen LogP contribution in [0.25, 0.3) is 11.4 Å². The molecule has 0 spiro atoms. The number of rotatable bonds is 5. The van der Waals surface area contributed by atoms with Crippen molar-refractivity contribution in [2.45, 2.75) is 6.42 Å². The summed E-state index contributed by atoms with van der Waals surface area (Å²) in [7, 11) is 1.79. The van der Waals surface area contributed by atoms with E-state index in [-0.39, 0.29) is 24.0 Å². The first-order valence-corrected chi connectivity index (χ1v) is 10.2. The third kappa shape index (κ3) is 6.03. The molecule has 3 aromatic rings. The average Bonchev–Trinajstić information content (AvgIpc) is 3.27. The molecular formula is C20H24ClIN8O. The molecule has 4 rings (SSSR count). The van der Waals surface area contributed by atoms with Gasteiger partial charge in [0.1, 0.15) is 0 Å². The number of piperazine rings is 1. The molecule has 1 aromatic carbocycles. The van der Waals surface area contributed by atoms with Crippen molar-refractivity contribution in [1.29, 1.82) is 0 Å². The van der Waals surface area contributed by atoms with E-state index in [2.05, 4.69) is 40.2 Å². The number of anilines is 1. The molecule has 0 amide bonds. The monoisotopic (exact) mass is 554 g/mol. The van der Waals surface area contributed by atoms with Crippen LogP contribution in [0.5, 0.6) is 0 Å². The Labute approximate surface area is 202 Å². The first kappa shape index (κ1) is 23.2. The van der Waals surface area contributed by atoms with Crippen LogP contribution >= 0.6 is 35.6 Å². The molecule has 9 nitrogen and oxygen atoms in total. The zero-order valence-corrected chi connectivity index (χ0v) is 20.2. The maximum absolute atomic E-state index is 6.03. The topological polar surface area (TPSA) is 95.6 Å². The maximum Gasteiger partial charge on any atom is 0.228 e. The van der Waals surface area contributed by atoms with Crippen molar-refractivity contribution >= 4 is 47.5 Å². The largest absolute Gasteiger partial charge is 0.356 e. The van der Waals surface area contributed by atoms with Crippen LogP contribution in [0.3, 0.4) is 0 Å². The molecule has 11 heteroatoms. The van der Waals surface area contributed by atoms with E-state index in [1.807, 2.05) is 30.3 Å². The first-order valence-electron chi connectivity index (χ1n) is 9.79. The zero-order chi connectivity index (χ0) is 20.8. The van der Waals surface area contributed by atoms with Crippen LogP contribution in [0.15, 0.2) is 52.2 Å². The van der Waals surface area contributed by atoms with E-state index in [1.54, 1.807) is 19.4 Å². The van der Waals surface area contributed by atoms with Gasteiger partial charge in [0.25, 0.3) is 0 Å². The third-order valence-corrected chi connectivity index (χ3v) is 5.03. The molecule has 1 N–H and O–H groups in total. The van der Waals surface area contributed by atoms with Crippen LogP contribution in [-0.2, 0) is 6.42 Å². The zero-order valence-electron chi connectivity index (χ0n) is 17.1. The Morgan fingerprint density at radius 3 is 2.65 bits per heavy atom. The van der Waals surface area contributed by atoms with Crippen molar-refractivity contribution in [3.8, 4) is 11.4 Å². The second kappa shape index (κ2) is 11.2. The second-order valence-electron chi connectivity index (χ2n) is 6.77. The minimum Gasteiger partial charge on any atom is -0.356 e. The number of aliphatic imine (C=N–C) groups is 1. The number of aromatic nitrogens is 4. The fourth-order valence-corrected chi connectivity index (χ4v) is 3.48. The minimum atomic E-state index is 0. The highest BCUT2D eigenvalue weighted by Crippen LogP contribution is 2.20. The lowest BCUT2D eigenvalue weighted by atomic mass is 10.2. The number of hydrogen-bond donors (Lipinski definition) is 1. The Morgan fingerprint density at radius 2 is 1.94 bits per heavy atom. The van der Waals surface area contributed by atoms with Gasteiger partial charge in [0, 0.05) is 69.2 Å². The number of nitrogens with zero attached hydrogens (tertiary/aromatic N) is 7. The summed E-state index contributed by atoms with van der Waals surface area (Å²) in [6.07, 6.45) is 4.14. The molecule has 2 aromatic heterocycles. The number of hydrogen-bond acceptors (Lipinski definition) is 7. The highest BCUT2D eigenvalue weighted by atomic mass is 127. The average molecular weight is 555 g/mol. The Kier molecular flexibility index (Phi) is 8.41. The van der Waals surface area contributed by atoms with Gasteiger partial charge in [-0.15, -0.1) is 24.0 Å². The van der Waals surface area contributed by atoms with Crippen LogP contribution in [0.1, 0.15) is 5.89 Å². The van der Waals surface area contributed by atoms with Gasteiger partial charge in [-0.3, -0.25) is 4.99 Å². The Hall–Kier alpha value is -2.47. The van der Waals surface area contributed by atoms with E-state index >= 15 is 0 Å². The Balaban J connectivity index is 0.00000272. The second-order valence-corrected chi connectivity index (χ2v) is 7.21. The van der Waals surface area contributed by atoms with E-state index in [4.69, 9.17) is 16.1 Å². The van der Waals surface area contributed by atoms with Crippen LogP contribution in [-0.4, -0.2) is 70.7 Å². The van der Waals surface area contributed by atoms with Crippen molar-refractivity contribution in [1.82, 2.24) is 30.3 Å².